The molecule has 1 aromatic rings. The first-order valence-electron chi connectivity index (χ1n) is 6.63. The van der Waals surface area contributed by atoms with E-state index >= 15 is 0 Å². The molecule has 1 rings (SSSR count). The molecule has 0 fully saturated rings. The number of halogens is 2. The van der Waals surface area contributed by atoms with Crippen molar-refractivity contribution in [2.75, 3.05) is 13.1 Å². The number of hydrogen-bond acceptors (Lipinski definition) is 1. The third-order valence-electron chi connectivity index (χ3n) is 2.97. The molecule has 0 saturated heterocycles. The molecule has 0 saturated carbocycles. The van der Waals surface area contributed by atoms with E-state index in [2.05, 4.69) is 26.1 Å². The highest BCUT2D eigenvalue weighted by Gasteiger charge is 2.06. The molecule has 0 heterocycles. The largest absolute Gasteiger partial charge is 0.316 e. The number of benzene rings is 1. The lowest BCUT2D eigenvalue weighted by Gasteiger charge is -2.14. The van der Waals surface area contributed by atoms with Gasteiger partial charge in [-0.1, -0.05) is 38.4 Å². The molecule has 0 bridgehead atoms. The van der Waals surface area contributed by atoms with E-state index in [0.29, 0.717) is 16.9 Å². The van der Waals surface area contributed by atoms with Crippen molar-refractivity contribution < 1.29 is 4.39 Å². The van der Waals surface area contributed by atoms with Crippen LogP contribution in [-0.2, 0) is 6.42 Å². The van der Waals surface area contributed by atoms with Crippen molar-refractivity contribution in [1.29, 1.82) is 0 Å². The van der Waals surface area contributed by atoms with Crippen molar-refractivity contribution >= 4 is 11.6 Å². The van der Waals surface area contributed by atoms with Gasteiger partial charge in [0.1, 0.15) is 5.82 Å². The van der Waals surface area contributed by atoms with Gasteiger partial charge in [-0.25, -0.2) is 4.39 Å². The van der Waals surface area contributed by atoms with Crippen LogP contribution in [0.5, 0.6) is 0 Å². The molecule has 102 valence electrons. The molecule has 1 nitrogen and oxygen atoms in total. The first-order valence-corrected chi connectivity index (χ1v) is 7.01. The summed E-state index contributed by atoms with van der Waals surface area (Å²) in [5.74, 6) is 1.02. The van der Waals surface area contributed by atoms with Gasteiger partial charge < -0.3 is 5.32 Å². The van der Waals surface area contributed by atoms with Gasteiger partial charge in [-0.3, -0.25) is 0 Å². The van der Waals surface area contributed by atoms with Crippen LogP contribution in [0.1, 0.15) is 32.8 Å². The Morgan fingerprint density at radius 2 is 1.94 bits per heavy atom. The molecule has 0 aliphatic heterocycles. The van der Waals surface area contributed by atoms with Crippen molar-refractivity contribution in [2.24, 2.45) is 11.8 Å². The third kappa shape index (κ3) is 5.83. The maximum Gasteiger partial charge on any atom is 0.124 e. The lowest BCUT2D eigenvalue weighted by atomic mass is 10.0. The molecular weight excluding hydrogens is 249 g/mol. The average molecular weight is 272 g/mol. The van der Waals surface area contributed by atoms with Gasteiger partial charge in [0.25, 0.3) is 0 Å². The normalized spacial score (nSPS) is 13.0. The summed E-state index contributed by atoms with van der Waals surface area (Å²) in [6.07, 6.45) is 1.97. The quantitative estimate of drug-likeness (QED) is 0.780. The van der Waals surface area contributed by atoms with Gasteiger partial charge in [0.05, 0.1) is 0 Å². The number of nitrogens with one attached hydrogen (secondary N) is 1. The summed E-state index contributed by atoms with van der Waals surface area (Å²) in [7, 11) is 0. The average Bonchev–Trinajstić information content (AvgIpc) is 2.27. The van der Waals surface area contributed by atoms with Gasteiger partial charge in [-0.05, 0) is 55.5 Å². The first kappa shape index (κ1) is 15.5. The molecule has 0 aliphatic carbocycles. The Kier molecular flexibility index (Phi) is 6.66. The highest BCUT2D eigenvalue weighted by atomic mass is 35.5. The molecule has 1 aromatic carbocycles. The molecule has 3 heteroatoms. The van der Waals surface area contributed by atoms with Crippen molar-refractivity contribution in [1.82, 2.24) is 5.32 Å². The van der Waals surface area contributed by atoms with Crippen LogP contribution in [0.25, 0.3) is 0 Å². The van der Waals surface area contributed by atoms with Gasteiger partial charge in [0, 0.05) is 5.02 Å². The molecule has 1 unspecified atom stereocenters. The highest BCUT2D eigenvalue weighted by molar-refractivity contribution is 6.31. The molecule has 0 spiro atoms. The van der Waals surface area contributed by atoms with E-state index in [1.54, 1.807) is 6.07 Å². The van der Waals surface area contributed by atoms with Crippen molar-refractivity contribution in [3.63, 3.8) is 0 Å². The second-order valence-electron chi connectivity index (χ2n) is 5.43. The Balaban J connectivity index is 2.31. The summed E-state index contributed by atoms with van der Waals surface area (Å²) in [6, 6.07) is 4.65. The summed E-state index contributed by atoms with van der Waals surface area (Å²) in [6.45, 7) is 8.72. The minimum atomic E-state index is -0.268. The van der Waals surface area contributed by atoms with Crippen LogP contribution < -0.4 is 5.32 Å². The Morgan fingerprint density at radius 1 is 1.22 bits per heavy atom. The van der Waals surface area contributed by atoms with Gasteiger partial charge in [-0.15, -0.1) is 0 Å². The Labute approximate surface area is 115 Å². The zero-order valence-corrected chi connectivity index (χ0v) is 12.2. The van der Waals surface area contributed by atoms with Crippen LogP contribution in [0.15, 0.2) is 18.2 Å². The van der Waals surface area contributed by atoms with Crippen molar-refractivity contribution in [3.05, 3.63) is 34.6 Å². The molecule has 0 amide bonds. The monoisotopic (exact) mass is 271 g/mol. The van der Waals surface area contributed by atoms with Gasteiger partial charge in [0.2, 0.25) is 0 Å². The lowest BCUT2D eigenvalue weighted by molar-refractivity contribution is 0.454. The summed E-state index contributed by atoms with van der Waals surface area (Å²) in [5.41, 5.74) is 1.04. The topological polar surface area (TPSA) is 12.0 Å². The Morgan fingerprint density at radius 3 is 2.56 bits per heavy atom. The molecule has 0 aromatic heterocycles. The van der Waals surface area contributed by atoms with Crippen LogP contribution in [0.3, 0.4) is 0 Å². The SMILES string of the molecule is CC(C)CNCC(C)CCc1ccc(F)cc1Cl. The standard InChI is InChI=1S/C15H23ClFN/c1-11(2)9-18-10-12(3)4-5-13-6-7-14(17)8-15(13)16/h6-8,11-12,18H,4-5,9-10H2,1-3H3. The van der Waals surface area contributed by atoms with E-state index in [1.165, 1.54) is 12.1 Å². The molecule has 0 radical (unpaired) electrons. The summed E-state index contributed by atoms with van der Waals surface area (Å²) >= 11 is 6.00. The predicted molar refractivity (Wildman–Crippen MR) is 76.6 cm³/mol. The van der Waals surface area contributed by atoms with Crippen LogP contribution in [0, 0.1) is 17.7 Å². The Bertz CT molecular complexity index is 366. The fraction of sp³-hybridized carbons (Fsp3) is 0.600. The predicted octanol–water partition coefficient (Wildman–Crippen LogP) is 4.29. The fourth-order valence-electron chi connectivity index (χ4n) is 1.85. The minimum absolute atomic E-state index is 0.268. The van der Waals surface area contributed by atoms with E-state index < -0.39 is 0 Å². The van der Waals surface area contributed by atoms with Crippen LogP contribution >= 0.6 is 11.6 Å². The lowest BCUT2D eigenvalue weighted by Crippen LogP contribution is -2.25. The summed E-state index contributed by atoms with van der Waals surface area (Å²) in [4.78, 5) is 0. The van der Waals surface area contributed by atoms with Crippen LogP contribution in [0.4, 0.5) is 4.39 Å². The second kappa shape index (κ2) is 7.75. The molecular formula is C15H23ClFN. The number of aryl methyl sites for hydroxylation is 1. The molecule has 1 N–H and O–H groups in total. The van der Waals surface area contributed by atoms with Gasteiger partial charge >= 0.3 is 0 Å². The zero-order valence-electron chi connectivity index (χ0n) is 11.5. The van der Waals surface area contributed by atoms with E-state index in [0.717, 1.165) is 31.5 Å². The van der Waals surface area contributed by atoms with E-state index in [-0.39, 0.29) is 5.82 Å². The van der Waals surface area contributed by atoms with Gasteiger partial charge in [0.15, 0.2) is 0 Å². The smallest absolute Gasteiger partial charge is 0.124 e. The maximum absolute atomic E-state index is 12.9. The maximum atomic E-state index is 12.9. The van der Waals surface area contributed by atoms with Gasteiger partial charge in [-0.2, -0.15) is 0 Å². The van der Waals surface area contributed by atoms with E-state index in [4.69, 9.17) is 11.6 Å². The summed E-state index contributed by atoms with van der Waals surface area (Å²) in [5, 5.41) is 3.99. The third-order valence-corrected chi connectivity index (χ3v) is 3.32. The molecule has 1 atom stereocenters. The Hall–Kier alpha value is -0.600. The summed E-state index contributed by atoms with van der Waals surface area (Å²) < 4.78 is 12.9. The fourth-order valence-corrected chi connectivity index (χ4v) is 2.11. The molecule has 0 aliphatic rings. The number of rotatable bonds is 7. The van der Waals surface area contributed by atoms with Crippen LogP contribution in [-0.4, -0.2) is 13.1 Å². The van der Waals surface area contributed by atoms with E-state index in [9.17, 15) is 4.39 Å². The van der Waals surface area contributed by atoms with Crippen LogP contribution in [0.2, 0.25) is 5.02 Å². The van der Waals surface area contributed by atoms with Crippen molar-refractivity contribution in [2.45, 2.75) is 33.6 Å². The second-order valence-corrected chi connectivity index (χ2v) is 5.84. The van der Waals surface area contributed by atoms with Crippen molar-refractivity contribution in [3.8, 4) is 0 Å². The zero-order chi connectivity index (χ0) is 13.5. The van der Waals surface area contributed by atoms with E-state index in [1.807, 2.05) is 0 Å². The molecule has 18 heavy (non-hydrogen) atoms. The first-order chi connectivity index (χ1) is 8.49. The number of hydrogen-bond donors (Lipinski definition) is 1. The minimum Gasteiger partial charge on any atom is -0.316 e. The highest BCUT2D eigenvalue weighted by Crippen LogP contribution is 2.20.